The molecular formula is C29H38Cl2N7O2P. The summed E-state index contributed by atoms with van der Waals surface area (Å²) in [5, 5.41) is 7.91. The standard InChI is InChI=1S/C29H38Cl2N7O2P/c1-36-13-15-38(16-14-36)20-9-11-37(12-10-20)21-5-7-26(27(17-21)40-2)34-29-32-19-24(31)28(35-29)33-25-8-6-22(18-23(25)30)41(3,4)39/h5-8,17-20H,9-16H2,1-4H3,(H2,32,33,34,35). The molecule has 0 spiro atoms. The van der Waals surface area contributed by atoms with Crippen LogP contribution >= 0.6 is 30.3 Å². The van der Waals surface area contributed by atoms with Gasteiger partial charge < -0.3 is 29.7 Å². The van der Waals surface area contributed by atoms with Crippen LogP contribution in [0.3, 0.4) is 0 Å². The number of anilines is 5. The van der Waals surface area contributed by atoms with Gasteiger partial charge in [0, 0.05) is 62.4 Å². The second kappa shape index (κ2) is 12.8. The Morgan fingerprint density at radius 3 is 2.29 bits per heavy atom. The van der Waals surface area contributed by atoms with Crippen molar-refractivity contribution in [2.45, 2.75) is 18.9 Å². The minimum atomic E-state index is -2.43. The average molecular weight is 619 g/mol. The summed E-state index contributed by atoms with van der Waals surface area (Å²) in [5.74, 6) is 1.46. The largest absolute Gasteiger partial charge is 0.494 e. The molecule has 2 aliphatic heterocycles. The lowest BCUT2D eigenvalue weighted by molar-refractivity contribution is 0.0982. The first-order valence-corrected chi connectivity index (χ1v) is 17.2. The highest BCUT2D eigenvalue weighted by molar-refractivity contribution is 7.70. The summed E-state index contributed by atoms with van der Waals surface area (Å²) in [5.41, 5.74) is 2.50. The zero-order valence-electron chi connectivity index (χ0n) is 24.0. The summed E-state index contributed by atoms with van der Waals surface area (Å²) in [6, 6.07) is 12.1. The molecule has 2 aromatic carbocycles. The third kappa shape index (κ3) is 7.27. The number of aromatic nitrogens is 2. The van der Waals surface area contributed by atoms with Crippen molar-refractivity contribution in [2.24, 2.45) is 0 Å². The molecule has 0 amide bonds. The van der Waals surface area contributed by atoms with Crippen LogP contribution in [0.1, 0.15) is 12.8 Å². The number of hydrogen-bond donors (Lipinski definition) is 2. The highest BCUT2D eigenvalue weighted by atomic mass is 35.5. The van der Waals surface area contributed by atoms with Crippen LogP contribution < -0.4 is 25.6 Å². The lowest BCUT2D eigenvalue weighted by atomic mass is 10.0. The van der Waals surface area contributed by atoms with Gasteiger partial charge in [0.05, 0.1) is 29.7 Å². The van der Waals surface area contributed by atoms with E-state index in [1.807, 2.05) is 6.07 Å². The van der Waals surface area contributed by atoms with E-state index >= 15 is 0 Å². The molecule has 0 atom stereocenters. The summed E-state index contributed by atoms with van der Waals surface area (Å²) in [6.07, 6.45) is 3.87. The Hall–Kier alpha value is -2.55. The van der Waals surface area contributed by atoms with Crippen LogP contribution in [0.15, 0.2) is 42.6 Å². The minimum Gasteiger partial charge on any atom is -0.494 e. The monoisotopic (exact) mass is 617 g/mol. The number of benzene rings is 2. The zero-order valence-corrected chi connectivity index (χ0v) is 26.4. The van der Waals surface area contributed by atoms with Crippen LogP contribution in [0, 0.1) is 0 Å². The van der Waals surface area contributed by atoms with Crippen molar-refractivity contribution >= 4 is 64.5 Å². The summed E-state index contributed by atoms with van der Waals surface area (Å²) in [4.78, 5) is 16.4. The zero-order chi connectivity index (χ0) is 29.1. The van der Waals surface area contributed by atoms with Gasteiger partial charge in [-0.2, -0.15) is 4.98 Å². The topological polar surface area (TPSA) is 85.9 Å². The number of nitrogens with zero attached hydrogens (tertiary/aromatic N) is 5. The molecule has 0 aliphatic carbocycles. The van der Waals surface area contributed by atoms with Crippen molar-refractivity contribution in [1.29, 1.82) is 0 Å². The first-order chi connectivity index (χ1) is 19.6. The Labute approximate surface area is 252 Å². The maximum absolute atomic E-state index is 12.4. The maximum atomic E-state index is 12.4. The summed E-state index contributed by atoms with van der Waals surface area (Å²) in [6.45, 7) is 10.1. The van der Waals surface area contributed by atoms with E-state index in [0.717, 1.165) is 37.6 Å². The lowest BCUT2D eigenvalue weighted by Gasteiger charge is -2.42. The van der Waals surface area contributed by atoms with Gasteiger partial charge in [-0.3, -0.25) is 4.90 Å². The van der Waals surface area contributed by atoms with E-state index in [9.17, 15) is 4.57 Å². The number of piperidine rings is 1. The second-order valence-electron chi connectivity index (χ2n) is 11.1. The van der Waals surface area contributed by atoms with Crippen LogP contribution in [-0.4, -0.2) is 92.6 Å². The molecule has 0 unspecified atom stereocenters. The summed E-state index contributed by atoms with van der Waals surface area (Å²) < 4.78 is 18.2. The van der Waals surface area contributed by atoms with Crippen LogP contribution in [0.4, 0.5) is 28.8 Å². The average Bonchev–Trinajstić information content (AvgIpc) is 2.96. The van der Waals surface area contributed by atoms with Gasteiger partial charge >= 0.3 is 0 Å². The SMILES string of the molecule is COc1cc(N2CCC(N3CCN(C)CC3)CC2)ccc1Nc1ncc(Cl)c(Nc2ccc(P(C)(C)=O)cc2Cl)n1. The predicted molar refractivity (Wildman–Crippen MR) is 171 cm³/mol. The van der Waals surface area contributed by atoms with Gasteiger partial charge in [0.2, 0.25) is 5.95 Å². The Morgan fingerprint density at radius 1 is 0.927 bits per heavy atom. The van der Waals surface area contributed by atoms with Crippen molar-refractivity contribution in [1.82, 2.24) is 19.8 Å². The number of piperazine rings is 1. The first-order valence-electron chi connectivity index (χ1n) is 13.9. The Balaban J connectivity index is 1.25. The fourth-order valence-corrected chi connectivity index (χ4v) is 6.68. The van der Waals surface area contributed by atoms with Gasteiger partial charge in [-0.1, -0.05) is 23.2 Å². The van der Waals surface area contributed by atoms with Crippen molar-refractivity contribution in [3.8, 4) is 5.75 Å². The lowest BCUT2D eigenvalue weighted by Crippen LogP contribution is -2.52. The summed E-state index contributed by atoms with van der Waals surface area (Å²) >= 11 is 12.9. The molecule has 1 aromatic heterocycles. The molecule has 220 valence electrons. The molecule has 0 radical (unpaired) electrons. The van der Waals surface area contributed by atoms with Crippen LogP contribution in [-0.2, 0) is 4.57 Å². The molecule has 2 N–H and O–H groups in total. The normalized spacial score (nSPS) is 17.5. The molecule has 2 fully saturated rings. The minimum absolute atomic E-state index is 0.342. The molecule has 3 aromatic rings. The fraction of sp³-hybridized carbons (Fsp3) is 0.448. The van der Waals surface area contributed by atoms with Gasteiger partial charge in [-0.05, 0) is 63.6 Å². The molecule has 0 bridgehead atoms. The van der Waals surface area contributed by atoms with Crippen LogP contribution in [0.5, 0.6) is 5.75 Å². The van der Waals surface area contributed by atoms with E-state index in [1.54, 1.807) is 38.6 Å². The quantitative estimate of drug-likeness (QED) is 0.307. The van der Waals surface area contributed by atoms with Gasteiger partial charge in [0.15, 0.2) is 5.82 Å². The molecule has 2 saturated heterocycles. The maximum Gasteiger partial charge on any atom is 0.229 e. The van der Waals surface area contributed by atoms with Crippen molar-refractivity contribution in [2.75, 3.05) is 82.3 Å². The highest BCUT2D eigenvalue weighted by Crippen LogP contribution is 2.38. The van der Waals surface area contributed by atoms with Gasteiger partial charge in [0.25, 0.3) is 0 Å². The Bertz CT molecular complexity index is 1420. The predicted octanol–water partition coefficient (Wildman–Crippen LogP) is 5.74. The van der Waals surface area contributed by atoms with Gasteiger partial charge in [-0.15, -0.1) is 0 Å². The number of likely N-dealkylation sites (N-methyl/N-ethyl adjacent to an activating group) is 1. The Morgan fingerprint density at radius 2 is 1.63 bits per heavy atom. The molecule has 2 aliphatic rings. The second-order valence-corrected chi connectivity index (χ2v) is 15.1. The molecule has 12 heteroatoms. The number of methoxy groups -OCH3 is 1. The van der Waals surface area contributed by atoms with E-state index in [-0.39, 0.29) is 0 Å². The fourth-order valence-electron chi connectivity index (χ4n) is 5.36. The van der Waals surface area contributed by atoms with Crippen LogP contribution in [0.25, 0.3) is 0 Å². The number of ether oxygens (including phenoxy) is 1. The molecule has 0 saturated carbocycles. The molecule has 9 nitrogen and oxygen atoms in total. The Kier molecular flexibility index (Phi) is 9.31. The van der Waals surface area contributed by atoms with E-state index in [2.05, 4.69) is 54.5 Å². The number of nitrogens with one attached hydrogen (secondary N) is 2. The molecule has 5 rings (SSSR count). The van der Waals surface area contributed by atoms with E-state index in [1.165, 1.54) is 32.1 Å². The molecular weight excluding hydrogens is 580 g/mol. The molecule has 41 heavy (non-hydrogen) atoms. The van der Waals surface area contributed by atoms with Gasteiger partial charge in [0.1, 0.15) is 17.9 Å². The van der Waals surface area contributed by atoms with Gasteiger partial charge in [-0.25, -0.2) is 4.98 Å². The summed E-state index contributed by atoms with van der Waals surface area (Å²) in [7, 11) is 1.44. The van der Waals surface area contributed by atoms with Crippen molar-refractivity contribution in [3.05, 3.63) is 52.6 Å². The number of hydrogen-bond acceptors (Lipinski definition) is 9. The van der Waals surface area contributed by atoms with Crippen LogP contribution in [0.2, 0.25) is 10.0 Å². The van der Waals surface area contributed by atoms with E-state index in [0.29, 0.717) is 44.6 Å². The highest BCUT2D eigenvalue weighted by Gasteiger charge is 2.27. The van der Waals surface area contributed by atoms with Crippen molar-refractivity contribution in [3.63, 3.8) is 0 Å². The van der Waals surface area contributed by atoms with E-state index in [4.69, 9.17) is 27.9 Å². The third-order valence-corrected chi connectivity index (χ3v) is 10.00. The molecule has 3 heterocycles. The number of rotatable bonds is 8. The van der Waals surface area contributed by atoms with E-state index < -0.39 is 7.14 Å². The third-order valence-electron chi connectivity index (χ3n) is 7.89. The number of halogens is 2. The first kappa shape index (κ1) is 29.9. The smallest absolute Gasteiger partial charge is 0.229 e. The van der Waals surface area contributed by atoms with Crippen molar-refractivity contribution < 1.29 is 9.30 Å².